The van der Waals surface area contributed by atoms with Gasteiger partial charge in [-0.2, -0.15) is 28.2 Å². The second-order valence-corrected chi connectivity index (χ2v) is 8.62. The Morgan fingerprint density at radius 3 is 2.49 bits per heavy atom. The highest BCUT2D eigenvalue weighted by Gasteiger charge is 2.36. The number of halogens is 3. The van der Waals surface area contributed by atoms with Gasteiger partial charge in [0, 0.05) is 36.9 Å². The van der Waals surface area contributed by atoms with Crippen LogP contribution in [0.1, 0.15) is 56.3 Å². The standard InChI is InChI=1S/C24H24F3N5O3/c1-13(2)21-29-23(35-31-21)14(3)10-16(33)12-34-18-11-17(24(25,26)27)19-20(15-8-6-5-7-9-15)30-32(4)22(19)28-18/h5-9,11,13-14H,10,12H2,1-4H3. The van der Waals surface area contributed by atoms with Gasteiger partial charge in [-0.1, -0.05) is 56.3 Å². The van der Waals surface area contributed by atoms with Crippen molar-refractivity contribution in [1.29, 1.82) is 0 Å². The van der Waals surface area contributed by atoms with Gasteiger partial charge in [0.2, 0.25) is 11.8 Å². The molecule has 0 radical (unpaired) electrons. The van der Waals surface area contributed by atoms with Crippen LogP contribution in [0.25, 0.3) is 22.3 Å². The molecule has 1 aromatic carbocycles. The third-order valence-electron chi connectivity index (χ3n) is 5.43. The molecular weight excluding hydrogens is 463 g/mol. The molecule has 0 aliphatic carbocycles. The van der Waals surface area contributed by atoms with Crippen molar-refractivity contribution in [3.8, 4) is 17.1 Å². The molecule has 0 amide bonds. The molecule has 4 rings (SSSR count). The fourth-order valence-electron chi connectivity index (χ4n) is 3.64. The van der Waals surface area contributed by atoms with Crippen molar-refractivity contribution in [2.45, 2.75) is 45.2 Å². The molecule has 3 aromatic heterocycles. The van der Waals surface area contributed by atoms with Gasteiger partial charge in [-0.05, 0) is 0 Å². The van der Waals surface area contributed by atoms with Crippen LogP contribution < -0.4 is 4.74 Å². The summed E-state index contributed by atoms with van der Waals surface area (Å²) in [5, 5.41) is 8.02. The summed E-state index contributed by atoms with van der Waals surface area (Å²) < 4.78 is 53.9. The lowest BCUT2D eigenvalue weighted by molar-refractivity contribution is -0.136. The zero-order valence-electron chi connectivity index (χ0n) is 19.6. The molecule has 35 heavy (non-hydrogen) atoms. The maximum atomic E-state index is 14.0. The Balaban J connectivity index is 1.57. The third kappa shape index (κ3) is 5.18. The van der Waals surface area contributed by atoms with Gasteiger partial charge in [0.05, 0.1) is 10.9 Å². The molecule has 0 aliphatic heterocycles. The van der Waals surface area contributed by atoms with E-state index in [1.807, 2.05) is 13.8 Å². The van der Waals surface area contributed by atoms with Gasteiger partial charge in [0.25, 0.3) is 0 Å². The number of Topliss-reactive ketones (excluding diaryl/α,β-unsaturated/α-hetero) is 1. The van der Waals surface area contributed by atoms with Crippen LogP contribution >= 0.6 is 0 Å². The van der Waals surface area contributed by atoms with Gasteiger partial charge in [0.1, 0.15) is 12.3 Å². The molecule has 1 unspecified atom stereocenters. The highest BCUT2D eigenvalue weighted by Crippen LogP contribution is 2.40. The third-order valence-corrected chi connectivity index (χ3v) is 5.43. The first-order valence-corrected chi connectivity index (χ1v) is 11.0. The van der Waals surface area contributed by atoms with E-state index in [4.69, 9.17) is 9.26 Å². The van der Waals surface area contributed by atoms with Crippen LogP contribution in [0.5, 0.6) is 5.88 Å². The van der Waals surface area contributed by atoms with Crippen molar-refractivity contribution in [2.24, 2.45) is 7.05 Å². The number of carbonyl (C=O) groups excluding carboxylic acids is 1. The Hall–Kier alpha value is -3.76. The molecule has 1 atom stereocenters. The quantitative estimate of drug-likeness (QED) is 0.333. The number of rotatable bonds is 8. The maximum Gasteiger partial charge on any atom is 0.417 e. The van der Waals surface area contributed by atoms with Crippen LogP contribution in [-0.2, 0) is 18.0 Å². The minimum absolute atomic E-state index is 0.00145. The number of carbonyl (C=O) groups is 1. The van der Waals surface area contributed by atoms with E-state index in [1.54, 1.807) is 37.3 Å². The van der Waals surface area contributed by atoms with Gasteiger partial charge in [-0.25, -0.2) is 4.68 Å². The second-order valence-electron chi connectivity index (χ2n) is 8.62. The van der Waals surface area contributed by atoms with Crippen LogP contribution in [-0.4, -0.2) is 37.3 Å². The predicted octanol–water partition coefficient (Wildman–Crippen LogP) is 5.30. The fourth-order valence-corrected chi connectivity index (χ4v) is 3.64. The Labute approximate surface area is 199 Å². The van der Waals surface area contributed by atoms with Crippen molar-refractivity contribution in [2.75, 3.05) is 6.61 Å². The number of hydrogen-bond acceptors (Lipinski definition) is 7. The summed E-state index contributed by atoms with van der Waals surface area (Å²) in [5.41, 5.74) is -0.233. The van der Waals surface area contributed by atoms with E-state index in [0.29, 0.717) is 17.3 Å². The van der Waals surface area contributed by atoms with Crippen LogP contribution in [0.4, 0.5) is 13.2 Å². The van der Waals surface area contributed by atoms with Crippen LogP contribution in [0.15, 0.2) is 40.9 Å². The molecule has 0 N–H and O–H groups in total. The second kappa shape index (κ2) is 9.47. The number of ketones is 1. The number of alkyl halides is 3. The van der Waals surface area contributed by atoms with Crippen LogP contribution in [0, 0.1) is 0 Å². The summed E-state index contributed by atoms with van der Waals surface area (Å²) in [4.78, 5) is 20.9. The smallest absolute Gasteiger partial charge is 0.417 e. The molecule has 0 spiro atoms. The van der Waals surface area contributed by atoms with Crippen molar-refractivity contribution in [1.82, 2.24) is 24.9 Å². The number of nitrogens with zero attached hydrogens (tertiary/aromatic N) is 5. The topological polar surface area (TPSA) is 95.9 Å². The first kappa shape index (κ1) is 24.4. The number of hydrogen-bond donors (Lipinski definition) is 0. The average molecular weight is 487 g/mol. The summed E-state index contributed by atoms with van der Waals surface area (Å²) in [5.74, 6) is -0.0710. The first-order chi connectivity index (χ1) is 16.5. The number of benzene rings is 1. The minimum atomic E-state index is -4.68. The zero-order valence-corrected chi connectivity index (χ0v) is 19.6. The highest BCUT2D eigenvalue weighted by molar-refractivity contribution is 5.94. The van der Waals surface area contributed by atoms with Crippen molar-refractivity contribution in [3.63, 3.8) is 0 Å². The Morgan fingerprint density at radius 2 is 1.86 bits per heavy atom. The van der Waals surface area contributed by atoms with E-state index in [-0.39, 0.29) is 46.6 Å². The summed E-state index contributed by atoms with van der Waals surface area (Å²) in [6.45, 7) is 5.14. The molecule has 3 heterocycles. The van der Waals surface area contributed by atoms with Crippen LogP contribution in [0.2, 0.25) is 0 Å². The van der Waals surface area contributed by atoms with E-state index in [9.17, 15) is 18.0 Å². The highest BCUT2D eigenvalue weighted by atomic mass is 19.4. The number of aryl methyl sites for hydroxylation is 1. The minimum Gasteiger partial charge on any atom is -0.470 e. The number of fused-ring (bicyclic) bond motifs is 1. The molecule has 0 aliphatic rings. The monoisotopic (exact) mass is 487 g/mol. The molecule has 0 saturated heterocycles. The number of pyridine rings is 1. The summed E-state index contributed by atoms with van der Waals surface area (Å²) >= 11 is 0. The first-order valence-electron chi connectivity index (χ1n) is 11.0. The largest absolute Gasteiger partial charge is 0.470 e. The summed E-state index contributed by atoms with van der Waals surface area (Å²) in [6.07, 6.45) is -4.66. The van der Waals surface area contributed by atoms with E-state index >= 15 is 0 Å². The van der Waals surface area contributed by atoms with E-state index in [0.717, 1.165) is 6.07 Å². The van der Waals surface area contributed by atoms with Gasteiger partial charge < -0.3 is 9.26 Å². The fraction of sp³-hybridized carbons (Fsp3) is 0.375. The van der Waals surface area contributed by atoms with Gasteiger partial charge in [0.15, 0.2) is 17.3 Å². The summed E-state index contributed by atoms with van der Waals surface area (Å²) in [7, 11) is 1.51. The van der Waals surface area contributed by atoms with Gasteiger partial charge in [-0.15, -0.1) is 0 Å². The molecule has 0 fully saturated rings. The van der Waals surface area contributed by atoms with Crippen LogP contribution in [0.3, 0.4) is 0 Å². The Morgan fingerprint density at radius 1 is 1.14 bits per heavy atom. The molecular formula is C24H24F3N5O3. The number of aromatic nitrogens is 5. The molecule has 0 bridgehead atoms. The maximum absolute atomic E-state index is 14.0. The molecule has 4 aromatic rings. The van der Waals surface area contributed by atoms with Crippen molar-refractivity contribution < 1.29 is 27.2 Å². The molecule has 184 valence electrons. The van der Waals surface area contributed by atoms with Gasteiger partial charge >= 0.3 is 6.18 Å². The summed E-state index contributed by atoms with van der Waals surface area (Å²) in [6, 6.07) is 9.37. The molecule has 0 saturated carbocycles. The zero-order chi connectivity index (χ0) is 25.3. The van der Waals surface area contributed by atoms with Crippen molar-refractivity contribution >= 4 is 16.8 Å². The lowest BCUT2D eigenvalue weighted by Crippen LogP contribution is -2.15. The normalized spacial score (nSPS) is 12.9. The Kier molecular flexibility index (Phi) is 6.60. The van der Waals surface area contributed by atoms with Crippen molar-refractivity contribution in [3.05, 3.63) is 53.7 Å². The van der Waals surface area contributed by atoms with Gasteiger partial charge in [-0.3, -0.25) is 4.79 Å². The average Bonchev–Trinajstić information content (AvgIpc) is 3.43. The molecule has 11 heteroatoms. The SMILES string of the molecule is CC(C)c1noc(C(C)CC(=O)COc2cc(C(F)(F)F)c3c(-c4ccccc4)nn(C)c3n2)n1. The van der Waals surface area contributed by atoms with E-state index in [2.05, 4.69) is 20.2 Å². The molecule has 8 nitrogen and oxygen atoms in total. The number of ether oxygens (including phenoxy) is 1. The Bertz CT molecular complexity index is 1350. The predicted molar refractivity (Wildman–Crippen MR) is 121 cm³/mol. The van der Waals surface area contributed by atoms with E-state index in [1.165, 1.54) is 11.7 Å². The van der Waals surface area contributed by atoms with E-state index < -0.39 is 18.3 Å². The lowest BCUT2D eigenvalue weighted by atomic mass is 10.0. The lowest BCUT2D eigenvalue weighted by Gasteiger charge is -2.12.